The second-order valence-electron chi connectivity index (χ2n) is 7.25. The van der Waals surface area contributed by atoms with E-state index >= 15 is 0 Å². The highest BCUT2D eigenvalue weighted by atomic mass is 16.5. The van der Waals surface area contributed by atoms with Gasteiger partial charge < -0.3 is 19.5 Å². The lowest BCUT2D eigenvalue weighted by molar-refractivity contribution is -0.148. The molecule has 32 heavy (non-hydrogen) atoms. The van der Waals surface area contributed by atoms with Crippen LogP contribution in [0.2, 0.25) is 0 Å². The molecule has 1 unspecified atom stereocenters. The number of hydrogen-bond acceptors (Lipinski definition) is 5. The van der Waals surface area contributed by atoms with Crippen molar-refractivity contribution in [3.8, 4) is 11.5 Å². The maximum absolute atomic E-state index is 12.5. The van der Waals surface area contributed by atoms with Gasteiger partial charge in [0.2, 0.25) is 0 Å². The van der Waals surface area contributed by atoms with Crippen LogP contribution in [-0.2, 0) is 27.2 Å². The minimum Gasteiger partial charge on any atom is -0.493 e. The average molecular weight is 434 g/mol. The first-order valence-electron chi connectivity index (χ1n) is 10.3. The number of nitrogens with one attached hydrogen (secondary N) is 1. The van der Waals surface area contributed by atoms with Gasteiger partial charge in [0.05, 0.1) is 26.7 Å². The summed E-state index contributed by atoms with van der Waals surface area (Å²) >= 11 is 0. The molecule has 1 atom stereocenters. The van der Waals surface area contributed by atoms with Crippen molar-refractivity contribution in [1.82, 2.24) is 5.32 Å². The van der Waals surface area contributed by atoms with Crippen molar-refractivity contribution in [3.05, 3.63) is 95.6 Å². The molecule has 166 valence electrons. The SMILES string of the molecule is COc1ccc(CC(=O)OCC(=O)NC(Cc2ccccc2)c2ccccc2)cc1OC. The molecule has 0 saturated carbocycles. The zero-order valence-corrected chi connectivity index (χ0v) is 18.2. The Morgan fingerprint density at radius 2 is 1.47 bits per heavy atom. The summed E-state index contributed by atoms with van der Waals surface area (Å²) in [7, 11) is 3.08. The Kier molecular flexibility index (Phi) is 8.26. The number of methoxy groups -OCH3 is 2. The fourth-order valence-corrected chi connectivity index (χ4v) is 3.38. The van der Waals surface area contributed by atoms with Gasteiger partial charge in [-0.25, -0.2) is 0 Å². The molecule has 0 bridgehead atoms. The number of esters is 1. The molecule has 3 rings (SSSR count). The first kappa shape index (κ1) is 22.9. The van der Waals surface area contributed by atoms with Crippen molar-refractivity contribution in [2.24, 2.45) is 0 Å². The van der Waals surface area contributed by atoms with E-state index in [2.05, 4.69) is 5.32 Å². The number of carbonyl (C=O) groups is 2. The van der Waals surface area contributed by atoms with Gasteiger partial charge in [-0.1, -0.05) is 66.7 Å². The second-order valence-corrected chi connectivity index (χ2v) is 7.25. The third kappa shape index (κ3) is 6.60. The van der Waals surface area contributed by atoms with Gasteiger partial charge in [0.25, 0.3) is 5.91 Å². The molecule has 0 heterocycles. The van der Waals surface area contributed by atoms with E-state index in [1.807, 2.05) is 60.7 Å². The average Bonchev–Trinajstić information content (AvgIpc) is 2.83. The molecule has 3 aromatic carbocycles. The minimum atomic E-state index is -0.494. The van der Waals surface area contributed by atoms with Crippen molar-refractivity contribution in [2.75, 3.05) is 20.8 Å². The predicted octanol–water partition coefficient (Wildman–Crippen LogP) is 3.89. The summed E-state index contributed by atoms with van der Waals surface area (Å²) in [4.78, 5) is 24.8. The number of benzene rings is 3. The molecule has 0 aromatic heterocycles. The predicted molar refractivity (Wildman–Crippen MR) is 122 cm³/mol. The topological polar surface area (TPSA) is 73.9 Å². The molecule has 0 aliphatic rings. The van der Waals surface area contributed by atoms with Crippen LogP contribution >= 0.6 is 0 Å². The summed E-state index contributed by atoms with van der Waals surface area (Å²) in [6.07, 6.45) is 0.663. The zero-order valence-electron chi connectivity index (χ0n) is 18.2. The third-order valence-electron chi connectivity index (χ3n) is 4.98. The van der Waals surface area contributed by atoms with E-state index in [0.717, 1.165) is 11.1 Å². The van der Waals surface area contributed by atoms with E-state index < -0.39 is 5.97 Å². The van der Waals surface area contributed by atoms with Crippen LogP contribution in [0.25, 0.3) is 0 Å². The Hall–Kier alpha value is -3.80. The molecule has 0 radical (unpaired) electrons. The standard InChI is InChI=1S/C26H27NO5/c1-30-23-14-13-20(16-24(23)31-2)17-26(29)32-18-25(28)27-22(21-11-7-4-8-12-21)15-19-9-5-3-6-10-19/h3-14,16,22H,15,17-18H2,1-2H3,(H,27,28). The van der Waals surface area contributed by atoms with Gasteiger partial charge in [-0.2, -0.15) is 0 Å². The molecule has 0 aliphatic heterocycles. The van der Waals surface area contributed by atoms with E-state index in [1.54, 1.807) is 25.3 Å². The van der Waals surface area contributed by atoms with Crippen molar-refractivity contribution in [1.29, 1.82) is 0 Å². The highest BCUT2D eigenvalue weighted by molar-refractivity contribution is 5.81. The van der Waals surface area contributed by atoms with Crippen LogP contribution in [0.1, 0.15) is 22.7 Å². The first-order valence-corrected chi connectivity index (χ1v) is 10.3. The number of hydrogen-bond donors (Lipinski definition) is 1. The third-order valence-corrected chi connectivity index (χ3v) is 4.98. The molecule has 0 saturated heterocycles. The van der Waals surface area contributed by atoms with Gasteiger partial charge in [-0.05, 0) is 35.2 Å². The summed E-state index contributed by atoms with van der Waals surface area (Å²) in [6.45, 7) is -0.343. The van der Waals surface area contributed by atoms with Gasteiger partial charge >= 0.3 is 5.97 Å². The molecule has 1 N–H and O–H groups in total. The summed E-state index contributed by atoms with van der Waals surface area (Å²) in [5.41, 5.74) is 2.80. The molecular weight excluding hydrogens is 406 g/mol. The van der Waals surface area contributed by atoms with Crippen molar-refractivity contribution in [2.45, 2.75) is 18.9 Å². The fourth-order valence-electron chi connectivity index (χ4n) is 3.38. The lowest BCUT2D eigenvalue weighted by Gasteiger charge is -2.19. The molecule has 1 amide bonds. The van der Waals surface area contributed by atoms with E-state index in [9.17, 15) is 9.59 Å². The highest BCUT2D eigenvalue weighted by Crippen LogP contribution is 2.27. The van der Waals surface area contributed by atoms with Gasteiger partial charge in [-0.15, -0.1) is 0 Å². The number of amides is 1. The van der Waals surface area contributed by atoms with Gasteiger partial charge in [-0.3, -0.25) is 9.59 Å². The molecular formula is C26H27NO5. The molecule has 0 fully saturated rings. The zero-order chi connectivity index (χ0) is 22.8. The summed E-state index contributed by atoms with van der Waals surface area (Å²) in [6, 6.07) is 24.6. The molecule has 3 aromatic rings. The van der Waals surface area contributed by atoms with E-state index in [1.165, 1.54) is 7.11 Å². The number of ether oxygens (including phenoxy) is 3. The summed E-state index contributed by atoms with van der Waals surface area (Å²) in [5.74, 6) is 0.263. The Morgan fingerprint density at radius 3 is 2.12 bits per heavy atom. The van der Waals surface area contributed by atoms with Crippen LogP contribution in [0.4, 0.5) is 0 Å². The van der Waals surface area contributed by atoms with Crippen molar-refractivity contribution in [3.63, 3.8) is 0 Å². The molecule has 0 spiro atoms. The number of carbonyl (C=O) groups excluding carboxylic acids is 2. The lowest BCUT2D eigenvalue weighted by Crippen LogP contribution is -2.33. The van der Waals surface area contributed by atoms with Gasteiger partial charge in [0, 0.05) is 0 Å². The van der Waals surface area contributed by atoms with Gasteiger partial charge in [0.1, 0.15) is 0 Å². The van der Waals surface area contributed by atoms with Crippen molar-refractivity contribution >= 4 is 11.9 Å². The molecule has 6 heteroatoms. The first-order chi connectivity index (χ1) is 15.6. The number of rotatable bonds is 10. The normalized spacial score (nSPS) is 11.3. The lowest BCUT2D eigenvalue weighted by atomic mass is 9.99. The van der Waals surface area contributed by atoms with Crippen LogP contribution in [0.5, 0.6) is 11.5 Å². The molecule has 6 nitrogen and oxygen atoms in total. The maximum atomic E-state index is 12.5. The quantitative estimate of drug-likeness (QED) is 0.491. The summed E-state index contributed by atoms with van der Waals surface area (Å²) in [5, 5.41) is 2.98. The maximum Gasteiger partial charge on any atom is 0.310 e. The smallest absolute Gasteiger partial charge is 0.310 e. The van der Waals surface area contributed by atoms with Crippen LogP contribution in [-0.4, -0.2) is 32.7 Å². The van der Waals surface area contributed by atoms with Gasteiger partial charge in [0.15, 0.2) is 18.1 Å². The Morgan fingerprint density at radius 1 is 0.812 bits per heavy atom. The van der Waals surface area contributed by atoms with Crippen molar-refractivity contribution < 1.29 is 23.8 Å². The fraction of sp³-hybridized carbons (Fsp3) is 0.231. The minimum absolute atomic E-state index is 0.0275. The van der Waals surface area contributed by atoms with Crippen LogP contribution in [0.15, 0.2) is 78.9 Å². The van der Waals surface area contributed by atoms with Crippen LogP contribution < -0.4 is 14.8 Å². The van der Waals surface area contributed by atoms with Crippen LogP contribution in [0.3, 0.4) is 0 Å². The monoisotopic (exact) mass is 433 g/mol. The Balaban J connectivity index is 1.57. The van der Waals surface area contributed by atoms with E-state index in [0.29, 0.717) is 23.5 Å². The highest BCUT2D eigenvalue weighted by Gasteiger charge is 2.17. The summed E-state index contributed by atoms with van der Waals surface area (Å²) < 4.78 is 15.6. The Bertz CT molecular complexity index is 1020. The van der Waals surface area contributed by atoms with Crippen LogP contribution in [0, 0.1) is 0 Å². The second kappa shape index (κ2) is 11.6. The molecule has 0 aliphatic carbocycles. The Labute approximate surface area is 188 Å². The largest absolute Gasteiger partial charge is 0.493 e. The van der Waals surface area contributed by atoms with E-state index in [4.69, 9.17) is 14.2 Å². The van der Waals surface area contributed by atoms with E-state index in [-0.39, 0.29) is 25.0 Å².